The molecule has 2 amide bonds. The minimum Gasteiger partial charge on any atom is -0.490 e. The van der Waals surface area contributed by atoms with Crippen molar-refractivity contribution in [2.75, 3.05) is 45.2 Å². The van der Waals surface area contributed by atoms with E-state index in [0.717, 1.165) is 76.1 Å². The second-order valence-electron chi connectivity index (χ2n) is 9.41. The number of rotatable bonds is 8. The average Bonchev–Trinajstić information content (AvgIpc) is 3.39. The quantitative estimate of drug-likeness (QED) is 0.704. The summed E-state index contributed by atoms with van der Waals surface area (Å²) in [7, 11) is 4.22. The number of carbonyl (C=O) groups excluding carboxylic acids is 1. The van der Waals surface area contributed by atoms with Gasteiger partial charge in [0, 0.05) is 44.0 Å². The van der Waals surface area contributed by atoms with E-state index in [1.807, 2.05) is 29.2 Å². The number of amides is 2. The Balaban J connectivity index is 1.26. The van der Waals surface area contributed by atoms with Crippen LogP contribution in [0.25, 0.3) is 0 Å². The van der Waals surface area contributed by atoms with E-state index in [9.17, 15) is 4.79 Å². The second-order valence-corrected chi connectivity index (χ2v) is 9.41. The molecule has 0 aromatic heterocycles. The van der Waals surface area contributed by atoms with Crippen LogP contribution in [0.5, 0.6) is 5.75 Å². The first-order chi connectivity index (χ1) is 14.6. The lowest BCUT2D eigenvalue weighted by molar-refractivity contribution is 0.171. The zero-order valence-corrected chi connectivity index (χ0v) is 18.7. The number of hydrogen-bond acceptors (Lipinski definition) is 4. The highest BCUT2D eigenvalue weighted by Crippen LogP contribution is 2.30. The zero-order valence-electron chi connectivity index (χ0n) is 18.7. The van der Waals surface area contributed by atoms with Gasteiger partial charge in [-0.1, -0.05) is 0 Å². The number of nitrogens with one attached hydrogen (secondary N) is 1. The van der Waals surface area contributed by atoms with Crippen molar-refractivity contribution in [3.05, 3.63) is 24.3 Å². The van der Waals surface area contributed by atoms with E-state index in [0.29, 0.717) is 18.2 Å². The summed E-state index contributed by atoms with van der Waals surface area (Å²) in [5.74, 6) is 0.925. The molecule has 1 heterocycles. The number of ether oxygens (including phenoxy) is 1. The van der Waals surface area contributed by atoms with Crippen molar-refractivity contribution in [1.29, 1.82) is 0 Å². The van der Waals surface area contributed by atoms with E-state index >= 15 is 0 Å². The molecule has 3 fully saturated rings. The standard InChI is InChI=1S/C24H38N4O2/c1-26(2)16-15-25-19-7-9-20(10-8-19)27-17-18-28(24(27)29)21-11-13-23(14-12-21)30-22-5-3-4-6-22/h11-14,19-20,22,25H,3-10,15-18H2,1-2H3. The van der Waals surface area contributed by atoms with Crippen molar-refractivity contribution in [2.45, 2.75) is 69.6 Å². The molecule has 1 aromatic carbocycles. The van der Waals surface area contributed by atoms with Gasteiger partial charge in [-0.15, -0.1) is 0 Å². The van der Waals surface area contributed by atoms with Crippen LogP contribution in [-0.4, -0.2) is 74.3 Å². The molecule has 1 aromatic rings. The number of carbonyl (C=O) groups is 1. The third-order valence-electron chi connectivity index (χ3n) is 6.92. The van der Waals surface area contributed by atoms with Crippen LogP contribution in [-0.2, 0) is 0 Å². The van der Waals surface area contributed by atoms with Crippen LogP contribution in [0.1, 0.15) is 51.4 Å². The first-order valence-corrected chi connectivity index (χ1v) is 11.8. The summed E-state index contributed by atoms with van der Waals surface area (Å²) in [5, 5.41) is 3.67. The van der Waals surface area contributed by atoms with Crippen molar-refractivity contribution >= 4 is 11.7 Å². The molecule has 6 heteroatoms. The lowest BCUT2D eigenvalue weighted by Crippen LogP contribution is -2.45. The van der Waals surface area contributed by atoms with Crippen molar-refractivity contribution < 1.29 is 9.53 Å². The van der Waals surface area contributed by atoms with Gasteiger partial charge in [-0.05, 0) is 89.7 Å². The highest BCUT2D eigenvalue weighted by molar-refractivity contribution is 5.94. The molecule has 166 valence electrons. The third-order valence-corrected chi connectivity index (χ3v) is 6.92. The lowest BCUT2D eigenvalue weighted by atomic mass is 9.90. The molecule has 0 bridgehead atoms. The van der Waals surface area contributed by atoms with Crippen LogP contribution in [0.3, 0.4) is 0 Å². The van der Waals surface area contributed by atoms with Gasteiger partial charge < -0.3 is 19.9 Å². The average molecular weight is 415 g/mol. The highest BCUT2D eigenvalue weighted by atomic mass is 16.5. The first kappa shape index (κ1) is 21.4. The summed E-state index contributed by atoms with van der Waals surface area (Å²) in [6.07, 6.45) is 9.77. The summed E-state index contributed by atoms with van der Waals surface area (Å²) in [5.41, 5.74) is 0.986. The Kier molecular flexibility index (Phi) is 7.16. The fourth-order valence-electron chi connectivity index (χ4n) is 5.12. The van der Waals surface area contributed by atoms with Gasteiger partial charge >= 0.3 is 6.03 Å². The molecule has 2 saturated carbocycles. The molecule has 1 saturated heterocycles. The highest BCUT2D eigenvalue weighted by Gasteiger charge is 2.36. The SMILES string of the molecule is CN(C)CCNC1CCC(N2CCN(c3ccc(OC4CCCC4)cc3)C2=O)CC1. The zero-order chi connectivity index (χ0) is 20.9. The number of urea groups is 1. The van der Waals surface area contributed by atoms with Crippen LogP contribution in [0.2, 0.25) is 0 Å². The van der Waals surface area contributed by atoms with Crippen LogP contribution in [0.4, 0.5) is 10.5 Å². The predicted octanol–water partition coefficient (Wildman–Crippen LogP) is 3.71. The second kappa shape index (κ2) is 10.0. The summed E-state index contributed by atoms with van der Waals surface area (Å²) in [6.45, 7) is 3.73. The van der Waals surface area contributed by atoms with Gasteiger partial charge in [-0.2, -0.15) is 0 Å². The van der Waals surface area contributed by atoms with E-state index in [4.69, 9.17) is 4.74 Å². The smallest absolute Gasteiger partial charge is 0.324 e. The fraction of sp³-hybridized carbons (Fsp3) is 0.708. The van der Waals surface area contributed by atoms with Crippen LogP contribution in [0, 0.1) is 0 Å². The Morgan fingerprint density at radius 2 is 1.70 bits per heavy atom. The molecule has 2 aliphatic carbocycles. The molecule has 0 spiro atoms. The van der Waals surface area contributed by atoms with Gasteiger partial charge in [0.2, 0.25) is 0 Å². The first-order valence-electron chi connectivity index (χ1n) is 11.8. The molecule has 0 atom stereocenters. The summed E-state index contributed by atoms with van der Waals surface area (Å²) < 4.78 is 6.06. The van der Waals surface area contributed by atoms with Gasteiger partial charge in [0.15, 0.2) is 0 Å². The number of benzene rings is 1. The summed E-state index contributed by atoms with van der Waals surface area (Å²) >= 11 is 0. The molecule has 0 radical (unpaired) electrons. The number of nitrogens with zero attached hydrogens (tertiary/aromatic N) is 3. The minimum absolute atomic E-state index is 0.170. The molecular formula is C24H38N4O2. The topological polar surface area (TPSA) is 48.0 Å². The number of anilines is 1. The van der Waals surface area contributed by atoms with Crippen molar-refractivity contribution in [3.63, 3.8) is 0 Å². The molecular weight excluding hydrogens is 376 g/mol. The van der Waals surface area contributed by atoms with Gasteiger partial charge in [0.25, 0.3) is 0 Å². The number of likely N-dealkylation sites (N-methyl/N-ethyl adjacent to an activating group) is 1. The molecule has 3 aliphatic rings. The van der Waals surface area contributed by atoms with Gasteiger partial charge in [-0.25, -0.2) is 4.79 Å². The fourth-order valence-corrected chi connectivity index (χ4v) is 5.12. The van der Waals surface area contributed by atoms with Gasteiger partial charge in [0.05, 0.1) is 6.10 Å². The molecule has 1 N–H and O–H groups in total. The largest absolute Gasteiger partial charge is 0.490 e. The van der Waals surface area contributed by atoms with E-state index in [2.05, 4.69) is 29.2 Å². The van der Waals surface area contributed by atoms with E-state index in [1.54, 1.807) is 0 Å². The van der Waals surface area contributed by atoms with Gasteiger partial charge in [-0.3, -0.25) is 4.90 Å². The molecule has 1 aliphatic heterocycles. The van der Waals surface area contributed by atoms with Crippen LogP contribution >= 0.6 is 0 Å². The Hall–Kier alpha value is -1.79. The molecule has 30 heavy (non-hydrogen) atoms. The molecule has 0 unspecified atom stereocenters. The Bertz CT molecular complexity index is 679. The predicted molar refractivity (Wildman–Crippen MR) is 121 cm³/mol. The van der Waals surface area contributed by atoms with E-state index in [1.165, 1.54) is 12.8 Å². The maximum absolute atomic E-state index is 13.1. The minimum atomic E-state index is 0.170. The third kappa shape index (κ3) is 5.27. The normalized spacial score (nSPS) is 25.5. The monoisotopic (exact) mass is 414 g/mol. The van der Waals surface area contributed by atoms with E-state index < -0.39 is 0 Å². The Morgan fingerprint density at radius 3 is 2.37 bits per heavy atom. The van der Waals surface area contributed by atoms with Gasteiger partial charge in [0.1, 0.15) is 5.75 Å². The maximum atomic E-state index is 13.1. The Labute approximate surface area is 181 Å². The summed E-state index contributed by atoms with van der Waals surface area (Å²) in [6, 6.07) is 9.28. The molecule has 4 rings (SSSR count). The van der Waals surface area contributed by atoms with Crippen molar-refractivity contribution in [1.82, 2.24) is 15.1 Å². The van der Waals surface area contributed by atoms with Crippen molar-refractivity contribution in [2.24, 2.45) is 0 Å². The molecule has 6 nitrogen and oxygen atoms in total. The maximum Gasteiger partial charge on any atom is 0.324 e. The van der Waals surface area contributed by atoms with Crippen molar-refractivity contribution in [3.8, 4) is 5.75 Å². The Morgan fingerprint density at radius 1 is 1.00 bits per heavy atom. The number of hydrogen-bond donors (Lipinski definition) is 1. The lowest BCUT2D eigenvalue weighted by Gasteiger charge is -2.35. The summed E-state index contributed by atoms with van der Waals surface area (Å²) in [4.78, 5) is 19.4. The van der Waals surface area contributed by atoms with E-state index in [-0.39, 0.29) is 6.03 Å². The van der Waals surface area contributed by atoms with Crippen LogP contribution < -0.4 is 15.0 Å². The van der Waals surface area contributed by atoms with Crippen LogP contribution in [0.15, 0.2) is 24.3 Å².